The number of nitrogens with two attached hydrogens (primary N) is 1. The largest absolute Gasteiger partial charge is 0.481 e. The number of ether oxygens (including phenoxy) is 1. The third-order valence-corrected chi connectivity index (χ3v) is 8.92. The fourth-order valence-electron chi connectivity index (χ4n) is 4.57. The number of carboxylic acid groups (broad SMARTS) is 1. The first-order valence-electron chi connectivity index (χ1n) is 15.4. The maximum Gasteiger partial charge on any atom is 0.320 e. The molecule has 3 aromatic rings. The van der Waals surface area contributed by atoms with Crippen LogP contribution >= 0.6 is 30.5 Å². The molecule has 0 saturated carbocycles. The average molecular weight is 755 g/mol. The predicted molar refractivity (Wildman–Crippen MR) is 190 cm³/mol. The number of nitrogens with zero attached hydrogens (tertiary/aromatic N) is 7. The molecular weight excluding hydrogens is 714 g/mol. The molecule has 50 heavy (non-hydrogen) atoms. The Bertz CT molecular complexity index is 1820. The normalized spacial score (nSPS) is 16.2. The minimum absolute atomic E-state index is 0.0412. The first kappa shape index (κ1) is 40.3. The molecule has 0 bridgehead atoms. The van der Waals surface area contributed by atoms with Crippen LogP contribution in [0.2, 0.25) is 5.28 Å². The van der Waals surface area contributed by atoms with Crippen LogP contribution in [0.4, 0.5) is 27.7 Å². The number of carboxylic acids is 1. The zero-order valence-electron chi connectivity index (χ0n) is 28.3. The highest BCUT2D eigenvalue weighted by Crippen LogP contribution is 2.38. The highest BCUT2D eigenvalue weighted by Gasteiger charge is 2.31. The molecule has 2 unspecified atom stereocenters. The Morgan fingerprint density at radius 2 is 1.92 bits per heavy atom. The van der Waals surface area contributed by atoms with E-state index < -0.39 is 25.2 Å². The Balaban J connectivity index is 0.000000236. The number of anilines is 3. The van der Waals surface area contributed by atoms with E-state index >= 15 is 0 Å². The maximum atomic E-state index is 14.5. The van der Waals surface area contributed by atoms with Crippen LogP contribution in [-0.2, 0) is 27.1 Å². The lowest BCUT2D eigenvalue weighted by molar-refractivity contribution is -0.138. The molecule has 1 amide bonds. The van der Waals surface area contributed by atoms with Crippen LogP contribution in [0.5, 0.6) is 5.75 Å². The summed E-state index contributed by atoms with van der Waals surface area (Å²) in [6.07, 6.45) is 6.22. The van der Waals surface area contributed by atoms with Gasteiger partial charge in [-0.25, -0.2) is 9.38 Å². The Hall–Kier alpha value is -4.14. The average Bonchev–Trinajstić information content (AvgIpc) is 3.53. The molecular formula is C30H41ClFN10O6PS. The van der Waals surface area contributed by atoms with Crippen molar-refractivity contribution in [3.8, 4) is 18.1 Å². The zero-order valence-corrected chi connectivity index (χ0v) is 30.8. The number of hydrogen-bond acceptors (Lipinski definition) is 13. The number of benzene rings is 1. The first-order chi connectivity index (χ1) is 23.5. The van der Waals surface area contributed by atoms with Gasteiger partial charge in [-0.1, -0.05) is 19.8 Å². The van der Waals surface area contributed by atoms with Crippen molar-refractivity contribution in [2.75, 3.05) is 54.6 Å². The Morgan fingerprint density at radius 3 is 2.48 bits per heavy atom. The molecule has 1 aromatic carbocycles. The number of terminal acetylenes is 1. The Labute approximate surface area is 298 Å². The first-order valence-corrected chi connectivity index (χ1v) is 18.9. The van der Waals surface area contributed by atoms with Crippen molar-refractivity contribution in [3.05, 3.63) is 33.9 Å². The van der Waals surface area contributed by atoms with Gasteiger partial charge in [0.2, 0.25) is 22.0 Å². The van der Waals surface area contributed by atoms with Crippen molar-refractivity contribution in [1.82, 2.24) is 23.9 Å². The van der Waals surface area contributed by atoms with Gasteiger partial charge in [-0.3, -0.25) is 19.1 Å². The third-order valence-electron chi connectivity index (χ3n) is 6.88. The molecule has 2 atom stereocenters. The van der Waals surface area contributed by atoms with Gasteiger partial charge in [0.25, 0.3) is 5.91 Å². The summed E-state index contributed by atoms with van der Waals surface area (Å²) in [7, 11) is -3.10. The van der Waals surface area contributed by atoms with Crippen molar-refractivity contribution in [2.24, 2.45) is 16.1 Å². The molecule has 6 N–H and O–H groups in total. The van der Waals surface area contributed by atoms with Crippen molar-refractivity contribution < 1.29 is 33.3 Å². The van der Waals surface area contributed by atoms with E-state index in [9.17, 15) is 18.5 Å². The highest BCUT2D eigenvalue weighted by molar-refractivity contribution is 7.57. The van der Waals surface area contributed by atoms with E-state index in [4.69, 9.17) is 38.5 Å². The third kappa shape index (κ3) is 11.7. The topological polar surface area (TPSA) is 223 Å². The number of rotatable bonds is 10. The quantitative estimate of drug-likeness (QED) is 0.148. The van der Waals surface area contributed by atoms with Crippen molar-refractivity contribution in [2.45, 2.75) is 53.1 Å². The maximum absolute atomic E-state index is 14.5. The lowest BCUT2D eigenvalue weighted by Crippen LogP contribution is -2.39. The number of hydrogen-bond donors (Lipinski definition) is 5. The molecule has 5 rings (SSSR count). The standard InChI is InChI=1S/C18H17FN4O2S.C7H12ClN5.C5H12NO4P/c1-4-5-22-13-7-12(11(19)6-14(13)25-9-16(22)24)20-17-23-10-18(2,3)8-15(23)21-26-17;1-3-9-6-11-5(8)12-7(13-6)10-4-2;1-11(9,10)3-2-4(6)5(7)8/h1,6-7H,5,8-10H2,2-3H3;3-4H2,1-2H3,(H2,9,10,11,12,13);4H,2-3,6H2,1H3,(H,7,8)(H,9,10). The number of nitrogens with one attached hydrogen (secondary N) is 2. The van der Waals surface area contributed by atoms with E-state index in [-0.39, 0.29) is 48.0 Å². The van der Waals surface area contributed by atoms with Gasteiger partial charge in [0.15, 0.2) is 19.8 Å². The molecule has 0 spiro atoms. The lowest BCUT2D eigenvalue weighted by Gasteiger charge is -2.28. The summed E-state index contributed by atoms with van der Waals surface area (Å²) in [5.41, 5.74) is 5.77. The van der Waals surface area contributed by atoms with E-state index in [1.54, 1.807) is 0 Å². The van der Waals surface area contributed by atoms with Crippen LogP contribution in [0.15, 0.2) is 17.1 Å². The molecule has 2 aromatic heterocycles. The number of halogens is 2. The summed E-state index contributed by atoms with van der Waals surface area (Å²) in [5.74, 6) is 2.78. The SMILES string of the molecule is C#CCN1C(=O)COc2cc(F)c(N=c3snc4n3CC(C)(C)C4)cc21.CCNc1nc(Cl)nc(NCC)n1.CP(=O)(O)CCC(N)C(=O)O. The van der Waals surface area contributed by atoms with E-state index in [0.29, 0.717) is 28.1 Å². The van der Waals surface area contributed by atoms with Gasteiger partial charge < -0.3 is 35.7 Å². The van der Waals surface area contributed by atoms with Gasteiger partial charge in [0.1, 0.15) is 23.3 Å². The van der Waals surface area contributed by atoms with Crippen LogP contribution in [0.1, 0.15) is 39.9 Å². The molecule has 20 heteroatoms. The molecule has 0 radical (unpaired) electrons. The minimum Gasteiger partial charge on any atom is -0.481 e. The van der Waals surface area contributed by atoms with Crippen LogP contribution in [0.3, 0.4) is 0 Å². The predicted octanol–water partition coefficient (Wildman–Crippen LogP) is 3.33. The zero-order chi connectivity index (χ0) is 37.2. The number of fused-ring (bicyclic) bond motifs is 2. The van der Waals surface area contributed by atoms with Crippen molar-refractivity contribution >= 4 is 65.7 Å². The number of carbonyl (C=O) groups is 2. The Morgan fingerprint density at radius 1 is 1.28 bits per heavy atom. The molecule has 16 nitrogen and oxygen atoms in total. The smallest absolute Gasteiger partial charge is 0.320 e. The monoisotopic (exact) mass is 754 g/mol. The molecule has 0 aliphatic carbocycles. The van der Waals surface area contributed by atoms with Gasteiger partial charge in [0.05, 0.1) is 12.2 Å². The van der Waals surface area contributed by atoms with Crippen molar-refractivity contribution in [3.63, 3.8) is 0 Å². The second-order valence-corrected chi connectivity index (χ2v) is 15.6. The van der Waals surface area contributed by atoms with Gasteiger partial charge in [-0.15, -0.1) is 6.42 Å². The van der Waals surface area contributed by atoms with E-state index in [2.05, 4.69) is 54.7 Å². The summed E-state index contributed by atoms with van der Waals surface area (Å²) in [6.45, 7) is 11.7. The summed E-state index contributed by atoms with van der Waals surface area (Å²) >= 11 is 6.92. The summed E-state index contributed by atoms with van der Waals surface area (Å²) < 4.78 is 37.0. The number of aromatic nitrogens is 5. The summed E-state index contributed by atoms with van der Waals surface area (Å²) in [5, 5.41) is 14.4. The van der Waals surface area contributed by atoms with Gasteiger partial charge in [0, 0.05) is 56.5 Å². The Kier molecular flexibility index (Phi) is 14.2. The molecule has 2 aliphatic heterocycles. The van der Waals surface area contributed by atoms with Crippen LogP contribution in [-0.4, -0.2) is 90.9 Å². The van der Waals surface area contributed by atoms with E-state index in [1.807, 2.05) is 18.4 Å². The van der Waals surface area contributed by atoms with Crippen LogP contribution < -0.4 is 30.8 Å². The fraction of sp³-hybridized carbons (Fsp3) is 0.500. The number of amides is 1. The molecule has 4 heterocycles. The van der Waals surface area contributed by atoms with Gasteiger partial charge in [-0.2, -0.15) is 19.3 Å². The minimum atomic E-state index is -3.10. The van der Waals surface area contributed by atoms with Crippen molar-refractivity contribution in [1.29, 1.82) is 0 Å². The summed E-state index contributed by atoms with van der Waals surface area (Å²) in [6, 6.07) is 1.72. The van der Waals surface area contributed by atoms with Crippen LogP contribution in [0.25, 0.3) is 0 Å². The second-order valence-electron chi connectivity index (χ2n) is 12.0. The summed E-state index contributed by atoms with van der Waals surface area (Å²) in [4.78, 5) is 49.3. The fourth-order valence-corrected chi connectivity index (χ4v) is 6.25. The van der Waals surface area contributed by atoms with Gasteiger partial charge >= 0.3 is 5.97 Å². The molecule has 2 aliphatic rings. The number of carbonyl (C=O) groups excluding carboxylic acids is 1. The number of aliphatic carboxylic acids is 1. The van der Waals surface area contributed by atoms with E-state index in [1.165, 1.54) is 35.2 Å². The van der Waals surface area contributed by atoms with Gasteiger partial charge in [-0.05, 0) is 43.4 Å². The molecule has 272 valence electrons. The second kappa shape index (κ2) is 17.7. The molecule has 0 fully saturated rings. The van der Waals surface area contributed by atoms with E-state index in [0.717, 1.165) is 31.9 Å². The molecule has 0 saturated heterocycles. The highest BCUT2D eigenvalue weighted by atomic mass is 35.5. The van der Waals surface area contributed by atoms with Crippen LogP contribution in [0, 0.1) is 23.6 Å². The lowest BCUT2D eigenvalue weighted by atomic mass is 9.92.